The van der Waals surface area contributed by atoms with Gasteiger partial charge in [0, 0.05) is 25.2 Å². The summed E-state index contributed by atoms with van der Waals surface area (Å²) in [6.07, 6.45) is 0. The highest BCUT2D eigenvalue weighted by Crippen LogP contribution is 2.27. The predicted molar refractivity (Wildman–Crippen MR) is 118 cm³/mol. The van der Waals surface area contributed by atoms with Crippen molar-refractivity contribution < 1.29 is 9.59 Å². The van der Waals surface area contributed by atoms with E-state index in [4.69, 9.17) is 0 Å². The highest BCUT2D eigenvalue weighted by molar-refractivity contribution is 6.04. The van der Waals surface area contributed by atoms with Gasteiger partial charge < -0.3 is 9.80 Å². The van der Waals surface area contributed by atoms with Crippen LogP contribution in [0.3, 0.4) is 0 Å². The van der Waals surface area contributed by atoms with Crippen LogP contribution in [0.2, 0.25) is 0 Å². The summed E-state index contributed by atoms with van der Waals surface area (Å²) in [4.78, 5) is 30.6. The van der Waals surface area contributed by atoms with E-state index in [9.17, 15) is 9.59 Å². The first-order valence-corrected chi connectivity index (χ1v) is 10.3. The van der Waals surface area contributed by atoms with Crippen LogP contribution >= 0.6 is 0 Å². The van der Waals surface area contributed by atoms with Gasteiger partial charge in [0.2, 0.25) is 11.8 Å². The van der Waals surface area contributed by atoms with Gasteiger partial charge in [-0.2, -0.15) is 0 Å². The van der Waals surface area contributed by atoms with Gasteiger partial charge in [-0.1, -0.05) is 60.7 Å². The van der Waals surface area contributed by atoms with E-state index in [-0.39, 0.29) is 23.9 Å². The molecule has 0 aromatic heterocycles. The Kier molecular flexibility index (Phi) is 7.60. The second-order valence-electron chi connectivity index (χ2n) is 8.65. The van der Waals surface area contributed by atoms with E-state index < -0.39 is 5.41 Å². The van der Waals surface area contributed by atoms with Crippen LogP contribution in [0.4, 0.5) is 0 Å². The molecule has 156 valence electrons. The van der Waals surface area contributed by atoms with Crippen LogP contribution in [-0.2, 0) is 22.7 Å². The summed E-state index contributed by atoms with van der Waals surface area (Å²) in [6.45, 7) is 12.5. The minimum Gasteiger partial charge on any atom is -0.335 e. The lowest BCUT2D eigenvalue weighted by atomic mass is 9.88. The molecule has 0 heterocycles. The summed E-state index contributed by atoms with van der Waals surface area (Å²) in [5.41, 5.74) is 0.976. The molecule has 0 atom stereocenters. The Morgan fingerprint density at radius 1 is 0.690 bits per heavy atom. The van der Waals surface area contributed by atoms with Crippen molar-refractivity contribution in [3.05, 3.63) is 71.8 Å². The SMILES string of the molecule is CC(C)N(Cc1ccccc1)C(=O)C(C)(C)C(=O)N(Cc1ccccc1)C(C)C. The van der Waals surface area contributed by atoms with Crippen molar-refractivity contribution in [1.29, 1.82) is 0 Å². The van der Waals surface area contributed by atoms with Gasteiger partial charge in [0.15, 0.2) is 0 Å². The Labute approximate surface area is 175 Å². The van der Waals surface area contributed by atoms with Crippen molar-refractivity contribution >= 4 is 11.8 Å². The molecular weight excluding hydrogens is 360 g/mol. The van der Waals surface area contributed by atoms with E-state index >= 15 is 0 Å². The lowest BCUT2D eigenvalue weighted by Gasteiger charge is -2.38. The molecular formula is C25H34N2O2. The highest BCUT2D eigenvalue weighted by Gasteiger charge is 2.43. The van der Waals surface area contributed by atoms with Gasteiger partial charge in [0.25, 0.3) is 0 Å². The van der Waals surface area contributed by atoms with Gasteiger partial charge in [-0.05, 0) is 52.7 Å². The van der Waals surface area contributed by atoms with Gasteiger partial charge in [-0.25, -0.2) is 0 Å². The van der Waals surface area contributed by atoms with Crippen molar-refractivity contribution in [1.82, 2.24) is 9.80 Å². The molecule has 2 aromatic rings. The minimum absolute atomic E-state index is 0.00333. The molecule has 0 spiro atoms. The fourth-order valence-corrected chi connectivity index (χ4v) is 3.35. The average molecular weight is 395 g/mol. The van der Waals surface area contributed by atoms with Crippen molar-refractivity contribution in [2.45, 2.75) is 66.7 Å². The van der Waals surface area contributed by atoms with Gasteiger partial charge >= 0.3 is 0 Å². The zero-order valence-electron chi connectivity index (χ0n) is 18.6. The maximum atomic E-state index is 13.5. The Morgan fingerprint density at radius 2 is 1.00 bits per heavy atom. The molecule has 2 aromatic carbocycles. The molecule has 0 aliphatic rings. The van der Waals surface area contributed by atoms with Crippen LogP contribution in [0, 0.1) is 5.41 Å². The molecule has 0 bridgehead atoms. The number of hydrogen-bond donors (Lipinski definition) is 0. The van der Waals surface area contributed by atoms with Crippen LogP contribution in [0.25, 0.3) is 0 Å². The summed E-state index contributed by atoms with van der Waals surface area (Å²) >= 11 is 0. The molecule has 2 rings (SSSR count). The summed E-state index contributed by atoms with van der Waals surface area (Å²) in [5, 5.41) is 0. The third-order valence-electron chi connectivity index (χ3n) is 5.23. The number of rotatable bonds is 8. The smallest absolute Gasteiger partial charge is 0.238 e. The summed E-state index contributed by atoms with van der Waals surface area (Å²) in [7, 11) is 0. The molecule has 0 saturated heterocycles. The number of benzene rings is 2. The summed E-state index contributed by atoms with van der Waals surface area (Å²) < 4.78 is 0. The third-order valence-corrected chi connectivity index (χ3v) is 5.23. The van der Waals surface area contributed by atoms with Crippen LogP contribution in [-0.4, -0.2) is 33.7 Å². The largest absolute Gasteiger partial charge is 0.335 e. The number of carbonyl (C=O) groups is 2. The molecule has 0 saturated carbocycles. The second kappa shape index (κ2) is 9.73. The predicted octanol–water partition coefficient (Wildman–Crippen LogP) is 4.89. The first-order chi connectivity index (χ1) is 13.6. The van der Waals surface area contributed by atoms with Crippen molar-refractivity contribution in [3.63, 3.8) is 0 Å². The van der Waals surface area contributed by atoms with Gasteiger partial charge in [-0.3, -0.25) is 9.59 Å². The molecule has 0 aliphatic heterocycles. The average Bonchev–Trinajstić information content (AvgIpc) is 2.70. The summed E-state index contributed by atoms with van der Waals surface area (Å²) in [6, 6.07) is 19.8. The fraction of sp³-hybridized carbons (Fsp3) is 0.440. The Bertz CT molecular complexity index is 731. The summed E-state index contributed by atoms with van der Waals surface area (Å²) in [5.74, 6) is -0.278. The van der Waals surface area contributed by atoms with E-state index in [1.807, 2.05) is 88.4 Å². The van der Waals surface area contributed by atoms with Crippen LogP contribution in [0.5, 0.6) is 0 Å². The number of nitrogens with zero attached hydrogens (tertiary/aromatic N) is 2. The first kappa shape index (κ1) is 22.7. The number of amides is 2. The van der Waals surface area contributed by atoms with E-state index in [0.717, 1.165) is 11.1 Å². The maximum Gasteiger partial charge on any atom is 0.238 e. The Morgan fingerprint density at radius 3 is 1.28 bits per heavy atom. The lowest BCUT2D eigenvalue weighted by Crippen LogP contribution is -2.53. The van der Waals surface area contributed by atoms with Gasteiger partial charge in [0.05, 0.1) is 0 Å². The zero-order valence-corrected chi connectivity index (χ0v) is 18.6. The fourth-order valence-electron chi connectivity index (χ4n) is 3.35. The van der Waals surface area contributed by atoms with Gasteiger partial charge in [0.1, 0.15) is 5.41 Å². The molecule has 2 amide bonds. The molecule has 0 fully saturated rings. The molecule has 0 N–H and O–H groups in total. The Hall–Kier alpha value is -2.62. The van der Waals surface area contributed by atoms with Crippen molar-refractivity contribution in [3.8, 4) is 0 Å². The standard InChI is InChI=1S/C25H34N2O2/c1-19(2)26(17-21-13-9-7-10-14-21)23(28)25(5,6)24(29)27(20(3)4)18-22-15-11-8-12-16-22/h7-16,19-20H,17-18H2,1-6H3. The quantitative estimate of drug-likeness (QED) is 0.598. The van der Waals surface area contributed by atoms with E-state index in [1.165, 1.54) is 0 Å². The van der Waals surface area contributed by atoms with E-state index in [1.54, 1.807) is 23.6 Å². The van der Waals surface area contributed by atoms with Crippen LogP contribution in [0.15, 0.2) is 60.7 Å². The third kappa shape index (κ3) is 5.69. The van der Waals surface area contributed by atoms with E-state index in [2.05, 4.69) is 0 Å². The van der Waals surface area contributed by atoms with Gasteiger partial charge in [-0.15, -0.1) is 0 Å². The topological polar surface area (TPSA) is 40.6 Å². The first-order valence-electron chi connectivity index (χ1n) is 10.3. The highest BCUT2D eigenvalue weighted by atomic mass is 16.2. The number of hydrogen-bond acceptors (Lipinski definition) is 2. The van der Waals surface area contributed by atoms with Crippen molar-refractivity contribution in [2.24, 2.45) is 5.41 Å². The molecule has 4 heteroatoms. The second-order valence-corrected chi connectivity index (χ2v) is 8.65. The lowest BCUT2D eigenvalue weighted by molar-refractivity contribution is -0.157. The van der Waals surface area contributed by atoms with Crippen LogP contribution in [0.1, 0.15) is 52.7 Å². The molecule has 0 aliphatic carbocycles. The molecule has 0 unspecified atom stereocenters. The molecule has 4 nitrogen and oxygen atoms in total. The van der Waals surface area contributed by atoms with Crippen molar-refractivity contribution in [2.75, 3.05) is 0 Å². The zero-order chi connectivity index (χ0) is 21.6. The minimum atomic E-state index is -1.14. The monoisotopic (exact) mass is 394 g/mol. The van der Waals surface area contributed by atoms with Crippen LogP contribution < -0.4 is 0 Å². The molecule has 29 heavy (non-hydrogen) atoms. The normalized spacial score (nSPS) is 11.6. The maximum absolute atomic E-state index is 13.5. The molecule has 0 radical (unpaired) electrons. The van der Waals surface area contributed by atoms with E-state index in [0.29, 0.717) is 13.1 Å². The number of carbonyl (C=O) groups excluding carboxylic acids is 2. The Balaban J connectivity index is 2.26.